The number of benzene rings is 2. The molecule has 0 saturated heterocycles. The van der Waals surface area contributed by atoms with Crippen molar-refractivity contribution in [1.29, 1.82) is 0 Å². The van der Waals surface area contributed by atoms with Crippen LogP contribution >= 0.6 is 0 Å². The van der Waals surface area contributed by atoms with E-state index in [0.29, 0.717) is 35.6 Å². The van der Waals surface area contributed by atoms with Crippen LogP contribution in [0.2, 0.25) is 0 Å². The fourth-order valence-corrected chi connectivity index (χ4v) is 5.16. The first-order valence-corrected chi connectivity index (χ1v) is 11.6. The van der Waals surface area contributed by atoms with Gasteiger partial charge in [-0.1, -0.05) is 35.9 Å². The summed E-state index contributed by atoms with van der Waals surface area (Å²) in [6.45, 7) is 5.94. The summed E-state index contributed by atoms with van der Waals surface area (Å²) in [4.78, 5) is 31.5. The molecule has 0 bridgehead atoms. The SMILES string of the molecule is CCOC(=O)C1C(C)=NC2=C(C(=O)CC(c3ccc(OC)c(OC)c3)C2)C1c1cccc(C)c1. The lowest BCUT2D eigenvalue weighted by Gasteiger charge is -2.36. The Balaban J connectivity index is 1.78. The zero-order valence-electron chi connectivity index (χ0n) is 20.4. The summed E-state index contributed by atoms with van der Waals surface area (Å²) in [6.07, 6.45) is 0.965. The average molecular weight is 462 g/mol. The van der Waals surface area contributed by atoms with Crippen molar-refractivity contribution in [2.24, 2.45) is 10.9 Å². The number of nitrogens with zero attached hydrogens (tertiary/aromatic N) is 1. The maximum Gasteiger partial charge on any atom is 0.315 e. The highest BCUT2D eigenvalue weighted by Crippen LogP contribution is 2.47. The molecule has 1 aliphatic carbocycles. The highest BCUT2D eigenvalue weighted by Gasteiger charge is 2.44. The molecule has 6 nitrogen and oxygen atoms in total. The fraction of sp³-hybridized carbons (Fsp3) is 0.393. The number of aryl methyl sites for hydroxylation is 1. The summed E-state index contributed by atoms with van der Waals surface area (Å²) in [5.74, 6) is -0.0609. The van der Waals surface area contributed by atoms with E-state index in [4.69, 9.17) is 19.2 Å². The summed E-state index contributed by atoms with van der Waals surface area (Å²) in [5, 5.41) is 0. The van der Waals surface area contributed by atoms with Crippen LogP contribution in [0.3, 0.4) is 0 Å². The number of allylic oxidation sites excluding steroid dienone is 2. The molecule has 3 unspecified atom stereocenters. The minimum atomic E-state index is -0.609. The molecule has 1 heterocycles. The maximum absolute atomic E-state index is 13.7. The van der Waals surface area contributed by atoms with Crippen molar-refractivity contribution in [2.75, 3.05) is 20.8 Å². The van der Waals surface area contributed by atoms with Gasteiger partial charge in [0.2, 0.25) is 0 Å². The van der Waals surface area contributed by atoms with Crippen molar-refractivity contribution in [1.82, 2.24) is 0 Å². The molecule has 4 rings (SSSR count). The number of ether oxygens (including phenoxy) is 3. The van der Waals surface area contributed by atoms with Crippen molar-refractivity contribution in [2.45, 2.75) is 45.4 Å². The zero-order chi connectivity index (χ0) is 24.4. The Bertz CT molecular complexity index is 1180. The van der Waals surface area contributed by atoms with E-state index in [2.05, 4.69) is 0 Å². The van der Waals surface area contributed by atoms with Crippen LogP contribution in [0.15, 0.2) is 58.7 Å². The second kappa shape index (κ2) is 9.84. The third-order valence-corrected chi connectivity index (χ3v) is 6.71. The Morgan fingerprint density at radius 2 is 1.76 bits per heavy atom. The molecule has 1 aliphatic heterocycles. The van der Waals surface area contributed by atoms with Gasteiger partial charge in [0.25, 0.3) is 0 Å². The Kier molecular flexibility index (Phi) is 6.87. The average Bonchev–Trinajstić information content (AvgIpc) is 2.82. The van der Waals surface area contributed by atoms with Crippen LogP contribution in [0.1, 0.15) is 55.2 Å². The standard InChI is InChI=1S/C28H31NO5/c1-6-34-28(31)25-17(3)29-21-13-20(18-10-11-23(32-4)24(15-18)33-5)14-22(30)27(21)26(25)19-9-7-8-16(2)12-19/h7-12,15,20,25-26H,6,13-14H2,1-5H3. The molecule has 2 aromatic carbocycles. The zero-order valence-corrected chi connectivity index (χ0v) is 20.4. The molecule has 34 heavy (non-hydrogen) atoms. The minimum Gasteiger partial charge on any atom is -0.493 e. The first kappa shape index (κ1) is 23.7. The number of ketones is 1. The molecule has 2 aliphatic rings. The number of Topliss-reactive ketones (excluding diaryl/α,β-unsaturated/α-hetero) is 1. The van der Waals surface area contributed by atoms with Crippen LogP contribution in [-0.2, 0) is 14.3 Å². The number of hydrogen-bond acceptors (Lipinski definition) is 6. The number of hydrogen-bond donors (Lipinski definition) is 0. The second-order valence-corrected chi connectivity index (χ2v) is 8.88. The highest BCUT2D eigenvalue weighted by molar-refractivity contribution is 6.09. The molecule has 3 atom stereocenters. The second-order valence-electron chi connectivity index (χ2n) is 8.88. The summed E-state index contributed by atoms with van der Waals surface area (Å²) < 4.78 is 16.2. The lowest BCUT2D eigenvalue weighted by Crippen LogP contribution is -2.38. The van der Waals surface area contributed by atoms with Gasteiger partial charge in [-0.2, -0.15) is 0 Å². The number of rotatable bonds is 6. The number of carbonyl (C=O) groups is 2. The molecule has 0 N–H and O–H groups in total. The van der Waals surface area contributed by atoms with Gasteiger partial charge >= 0.3 is 5.97 Å². The van der Waals surface area contributed by atoms with Crippen LogP contribution in [0.5, 0.6) is 11.5 Å². The minimum absolute atomic E-state index is 0.0260. The van der Waals surface area contributed by atoms with Gasteiger partial charge in [-0.3, -0.25) is 14.6 Å². The Morgan fingerprint density at radius 1 is 1.00 bits per heavy atom. The third-order valence-electron chi connectivity index (χ3n) is 6.71. The lowest BCUT2D eigenvalue weighted by atomic mass is 9.69. The van der Waals surface area contributed by atoms with E-state index in [-0.39, 0.29) is 24.3 Å². The van der Waals surface area contributed by atoms with Gasteiger partial charge < -0.3 is 14.2 Å². The lowest BCUT2D eigenvalue weighted by molar-refractivity contribution is -0.146. The summed E-state index contributed by atoms with van der Waals surface area (Å²) in [6, 6.07) is 13.8. The van der Waals surface area contributed by atoms with Crippen molar-refractivity contribution >= 4 is 17.5 Å². The fourth-order valence-electron chi connectivity index (χ4n) is 5.16. The molecule has 0 saturated carbocycles. The summed E-state index contributed by atoms with van der Waals surface area (Å²) >= 11 is 0. The van der Waals surface area contributed by atoms with Crippen LogP contribution in [0.4, 0.5) is 0 Å². The number of esters is 1. The molecule has 0 radical (unpaired) electrons. The number of methoxy groups -OCH3 is 2. The van der Waals surface area contributed by atoms with Crippen LogP contribution in [0, 0.1) is 12.8 Å². The first-order chi connectivity index (χ1) is 16.4. The first-order valence-electron chi connectivity index (χ1n) is 11.6. The normalized spacial score (nSPS) is 22.1. The Labute approximate surface area is 200 Å². The maximum atomic E-state index is 13.7. The molecule has 178 valence electrons. The predicted octanol–water partition coefficient (Wildman–Crippen LogP) is 5.15. The van der Waals surface area contributed by atoms with Crippen LogP contribution < -0.4 is 9.47 Å². The molecule has 2 aromatic rings. The Morgan fingerprint density at radius 3 is 2.44 bits per heavy atom. The van der Waals surface area contributed by atoms with E-state index >= 15 is 0 Å². The van der Waals surface area contributed by atoms with E-state index in [0.717, 1.165) is 22.4 Å². The quantitative estimate of drug-likeness (QED) is 0.556. The predicted molar refractivity (Wildman–Crippen MR) is 131 cm³/mol. The number of carbonyl (C=O) groups excluding carboxylic acids is 2. The van der Waals surface area contributed by atoms with Gasteiger partial charge in [0.05, 0.1) is 20.8 Å². The van der Waals surface area contributed by atoms with Gasteiger partial charge in [-0.15, -0.1) is 0 Å². The van der Waals surface area contributed by atoms with E-state index in [1.165, 1.54) is 0 Å². The summed E-state index contributed by atoms with van der Waals surface area (Å²) in [7, 11) is 3.20. The third kappa shape index (κ3) is 4.37. The van der Waals surface area contributed by atoms with E-state index < -0.39 is 11.8 Å². The molecule has 0 fully saturated rings. The van der Waals surface area contributed by atoms with Gasteiger partial charge in [0.15, 0.2) is 17.3 Å². The van der Waals surface area contributed by atoms with Crippen LogP contribution in [-0.4, -0.2) is 38.3 Å². The van der Waals surface area contributed by atoms with Gasteiger partial charge in [-0.05, 0) is 56.4 Å². The highest BCUT2D eigenvalue weighted by atomic mass is 16.5. The number of aliphatic imine (C=N–C) groups is 1. The molecule has 0 aromatic heterocycles. The van der Waals surface area contributed by atoms with Gasteiger partial charge in [-0.25, -0.2) is 0 Å². The van der Waals surface area contributed by atoms with Crippen LogP contribution in [0.25, 0.3) is 0 Å². The van der Waals surface area contributed by atoms with Crippen molar-refractivity contribution in [3.8, 4) is 11.5 Å². The van der Waals surface area contributed by atoms with Gasteiger partial charge in [0.1, 0.15) is 5.92 Å². The smallest absolute Gasteiger partial charge is 0.315 e. The van der Waals surface area contributed by atoms with Crippen molar-refractivity contribution in [3.05, 3.63) is 70.4 Å². The largest absolute Gasteiger partial charge is 0.493 e. The molecule has 6 heteroatoms. The van der Waals surface area contributed by atoms with E-state index in [9.17, 15) is 9.59 Å². The van der Waals surface area contributed by atoms with E-state index in [1.807, 2.05) is 56.3 Å². The Hall–Kier alpha value is -3.41. The molecule has 0 amide bonds. The molecular weight excluding hydrogens is 430 g/mol. The van der Waals surface area contributed by atoms with E-state index in [1.54, 1.807) is 21.1 Å². The van der Waals surface area contributed by atoms with Crippen molar-refractivity contribution in [3.63, 3.8) is 0 Å². The molecule has 0 spiro atoms. The topological polar surface area (TPSA) is 74.2 Å². The van der Waals surface area contributed by atoms with Gasteiger partial charge in [0, 0.05) is 29.3 Å². The molecular formula is C28H31NO5. The summed E-state index contributed by atoms with van der Waals surface area (Å²) in [5.41, 5.74) is 5.12. The monoisotopic (exact) mass is 461 g/mol. The van der Waals surface area contributed by atoms with Crippen molar-refractivity contribution < 1.29 is 23.8 Å².